The van der Waals surface area contributed by atoms with Gasteiger partial charge in [-0.15, -0.1) is 0 Å². The van der Waals surface area contributed by atoms with Crippen LogP contribution in [-0.4, -0.2) is 17.5 Å². The van der Waals surface area contributed by atoms with Crippen molar-refractivity contribution in [3.8, 4) is 11.5 Å². The maximum absolute atomic E-state index is 11.9. The van der Waals surface area contributed by atoms with E-state index in [4.69, 9.17) is 9.47 Å². The molecule has 0 saturated carbocycles. The lowest BCUT2D eigenvalue weighted by molar-refractivity contribution is -0.115. The molecule has 1 unspecified atom stereocenters. The minimum atomic E-state index is -0.150. The van der Waals surface area contributed by atoms with Gasteiger partial charge in [0, 0.05) is 11.8 Å². The van der Waals surface area contributed by atoms with Crippen LogP contribution in [0.4, 0.5) is 5.69 Å². The number of rotatable bonds is 5. The van der Waals surface area contributed by atoms with E-state index in [0.29, 0.717) is 5.75 Å². The average Bonchev–Trinajstić information content (AvgIpc) is 2.83. The molecular formula is C13H16BrClNO3-. The van der Waals surface area contributed by atoms with E-state index < -0.39 is 0 Å². The summed E-state index contributed by atoms with van der Waals surface area (Å²) in [5, 5.41) is 2.86. The predicted molar refractivity (Wildman–Crippen MR) is 73.4 cm³/mol. The van der Waals surface area contributed by atoms with Crippen LogP contribution in [0.15, 0.2) is 18.2 Å². The number of hydrogen-bond acceptors (Lipinski definition) is 3. The molecule has 19 heavy (non-hydrogen) atoms. The Morgan fingerprint density at radius 3 is 2.89 bits per heavy atom. The van der Waals surface area contributed by atoms with Gasteiger partial charge in [0.25, 0.3) is 0 Å². The zero-order valence-corrected chi connectivity index (χ0v) is 13.0. The first kappa shape index (κ1) is 16.1. The Morgan fingerprint density at radius 2 is 2.16 bits per heavy atom. The number of nitrogens with one attached hydrogen (secondary N) is 1. The summed E-state index contributed by atoms with van der Waals surface area (Å²) in [7, 11) is 0. The molecule has 0 bridgehead atoms. The van der Waals surface area contributed by atoms with Gasteiger partial charge >= 0.3 is 0 Å². The fraction of sp³-hybridized carbons (Fsp3) is 0.462. The van der Waals surface area contributed by atoms with Crippen molar-refractivity contribution in [2.75, 3.05) is 12.1 Å². The molecule has 0 spiro atoms. The zero-order chi connectivity index (χ0) is 13.0. The molecule has 1 aliphatic heterocycles. The van der Waals surface area contributed by atoms with E-state index in [2.05, 4.69) is 28.2 Å². The van der Waals surface area contributed by atoms with Crippen molar-refractivity contribution in [2.24, 2.45) is 0 Å². The topological polar surface area (TPSA) is 47.6 Å². The molecule has 0 saturated heterocycles. The highest BCUT2D eigenvalue weighted by molar-refractivity contribution is 9.10. The van der Waals surface area contributed by atoms with Crippen molar-refractivity contribution in [1.82, 2.24) is 0 Å². The van der Waals surface area contributed by atoms with Crippen LogP contribution < -0.4 is 27.2 Å². The molecule has 1 aromatic carbocycles. The number of carbonyl (C=O) groups is 1. The monoisotopic (exact) mass is 348 g/mol. The Morgan fingerprint density at radius 1 is 1.42 bits per heavy atom. The minimum Gasteiger partial charge on any atom is -1.00 e. The summed E-state index contributed by atoms with van der Waals surface area (Å²) >= 11 is 3.40. The van der Waals surface area contributed by atoms with Gasteiger partial charge in [-0.2, -0.15) is 0 Å². The third kappa shape index (κ3) is 4.28. The smallest absolute Gasteiger partial charge is 0.238 e. The lowest BCUT2D eigenvalue weighted by atomic mass is 10.2. The number of anilines is 1. The number of amides is 1. The Hall–Kier alpha value is -0.940. The molecule has 0 aromatic heterocycles. The van der Waals surface area contributed by atoms with E-state index in [1.807, 2.05) is 6.07 Å². The Bertz CT molecular complexity index is 442. The van der Waals surface area contributed by atoms with E-state index in [1.54, 1.807) is 12.1 Å². The van der Waals surface area contributed by atoms with Crippen LogP contribution in [0.25, 0.3) is 0 Å². The summed E-state index contributed by atoms with van der Waals surface area (Å²) in [6.45, 7) is 2.35. The highest BCUT2D eigenvalue weighted by Crippen LogP contribution is 2.34. The zero-order valence-electron chi connectivity index (χ0n) is 10.6. The number of halogens is 2. The number of fused-ring (bicyclic) bond motifs is 1. The molecule has 0 radical (unpaired) electrons. The standard InChI is InChI=1S/C13H16BrNO3.ClH/c1-2-3-4-10(14)13(16)15-9-5-6-11-12(7-9)18-8-17-11;/h5-7,10H,2-4,8H2,1H3,(H,15,16);1H/p-1. The number of alkyl halides is 1. The van der Waals surface area contributed by atoms with Crippen molar-refractivity contribution < 1.29 is 26.7 Å². The van der Waals surface area contributed by atoms with Crippen LogP contribution >= 0.6 is 15.9 Å². The largest absolute Gasteiger partial charge is 1.00 e. The third-order valence-electron chi connectivity index (χ3n) is 2.74. The molecule has 1 N–H and O–H groups in total. The number of benzene rings is 1. The molecule has 0 fully saturated rings. The van der Waals surface area contributed by atoms with Crippen LogP contribution in [-0.2, 0) is 4.79 Å². The second-order valence-electron chi connectivity index (χ2n) is 4.17. The predicted octanol–water partition coefficient (Wildman–Crippen LogP) is 0.311. The van der Waals surface area contributed by atoms with Gasteiger partial charge in [-0.05, 0) is 18.6 Å². The molecule has 0 aliphatic carbocycles. The maximum Gasteiger partial charge on any atom is 0.238 e. The molecule has 1 amide bonds. The summed E-state index contributed by atoms with van der Waals surface area (Å²) in [6, 6.07) is 5.39. The van der Waals surface area contributed by atoms with Gasteiger partial charge in [0.15, 0.2) is 11.5 Å². The third-order valence-corrected chi connectivity index (χ3v) is 3.61. The van der Waals surface area contributed by atoms with Gasteiger partial charge in [-0.3, -0.25) is 4.79 Å². The summed E-state index contributed by atoms with van der Waals surface area (Å²) in [5.41, 5.74) is 0.727. The molecule has 106 valence electrons. The summed E-state index contributed by atoms with van der Waals surface area (Å²) < 4.78 is 10.5. The lowest BCUT2D eigenvalue weighted by Gasteiger charge is -2.10. The fourth-order valence-electron chi connectivity index (χ4n) is 1.71. The SMILES string of the molecule is CCCCC(Br)C(=O)Nc1ccc2c(c1)OCO2.[Cl-]. The van der Waals surface area contributed by atoms with Crippen molar-refractivity contribution in [3.05, 3.63) is 18.2 Å². The fourth-order valence-corrected chi connectivity index (χ4v) is 2.15. The first-order valence-electron chi connectivity index (χ1n) is 6.05. The van der Waals surface area contributed by atoms with Crippen LogP contribution in [0.2, 0.25) is 0 Å². The second-order valence-corrected chi connectivity index (χ2v) is 5.27. The maximum atomic E-state index is 11.9. The quantitative estimate of drug-likeness (QED) is 0.779. The Balaban J connectivity index is 0.00000180. The van der Waals surface area contributed by atoms with Gasteiger partial charge in [-0.1, -0.05) is 35.7 Å². The van der Waals surface area contributed by atoms with Gasteiger partial charge in [0.2, 0.25) is 12.7 Å². The summed E-state index contributed by atoms with van der Waals surface area (Å²) in [4.78, 5) is 11.7. The van der Waals surface area contributed by atoms with Crippen LogP contribution in [0.5, 0.6) is 11.5 Å². The Kier molecular flexibility index (Phi) is 6.45. The normalized spacial score (nSPS) is 13.6. The van der Waals surface area contributed by atoms with Crippen LogP contribution in [0.1, 0.15) is 26.2 Å². The highest BCUT2D eigenvalue weighted by atomic mass is 79.9. The van der Waals surface area contributed by atoms with Crippen molar-refractivity contribution in [1.29, 1.82) is 0 Å². The highest BCUT2D eigenvalue weighted by Gasteiger charge is 2.17. The number of hydrogen-bond donors (Lipinski definition) is 1. The first-order chi connectivity index (χ1) is 8.70. The van der Waals surface area contributed by atoms with Gasteiger partial charge < -0.3 is 27.2 Å². The minimum absolute atomic E-state index is 0. The molecule has 1 heterocycles. The summed E-state index contributed by atoms with van der Waals surface area (Å²) in [6.07, 6.45) is 2.96. The molecule has 1 aliphatic rings. The van der Waals surface area contributed by atoms with E-state index in [9.17, 15) is 4.79 Å². The van der Waals surface area contributed by atoms with Gasteiger partial charge in [0.1, 0.15) is 0 Å². The van der Waals surface area contributed by atoms with Gasteiger partial charge in [-0.25, -0.2) is 0 Å². The second kappa shape index (κ2) is 7.60. The van der Waals surface area contributed by atoms with Crippen molar-refractivity contribution in [3.63, 3.8) is 0 Å². The van der Waals surface area contributed by atoms with Gasteiger partial charge in [0.05, 0.1) is 4.83 Å². The molecular weight excluding hydrogens is 334 g/mol. The van der Waals surface area contributed by atoms with Crippen LogP contribution in [0, 0.1) is 0 Å². The molecule has 4 nitrogen and oxygen atoms in total. The number of ether oxygens (including phenoxy) is 2. The molecule has 2 rings (SSSR count). The van der Waals surface area contributed by atoms with E-state index in [0.717, 1.165) is 30.7 Å². The van der Waals surface area contributed by atoms with Crippen molar-refractivity contribution in [2.45, 2.75) is 31.0 Å². The van der Waals surface area contributed by atoms with Crippen molar-refractivity contribution >= 4 is 27.5 Å². The average molecular weight is 350 g/mol. The Labute approximate surface area is 127 Å². The first-order valence-corrected chi connectivity index (χ1v) is 6.97. The molecule has 1 aromatic rings. The van der Waals surface area contributed by atoms with E-state index in [-0.39, 0.29) is 29.9 Å². The molecule has 1 atom stereocenters. The lowest BCUT2D eigenvalue weighted by Crippen LogP contribution is -3.00. The van der Waals surface area contributed by atoms with Crippen LogP contribution in [0.3, 0.4) is 0 Å². The number of unbranched alkanes of at least 4 members (excludes halogenated alkanes) is 1. The summed E-state index contributed by atoms with van der Waals surface area (Å²) in [5.74, 6) is 1.36. The van der Waals surface area contributed by atoms with E-state index in [1.165, 1.54) is 0 Å². The molecule has 6 heteroatoms. The van der Waals surface area contributed by atoms with E-state index >= 15 is 0 Å². The number of carbonyl (C=O) groups excluding carboxylic acids is 1.